The Morgan fingerprint density at radius 3 is 3.12 bits per heavy atom. The molecular weight excluding hydrogens is 207 g/mol. The van der Waals surface area contributed by atoms with Crippen LogP contribution in [0.3, 0.4) is 0 Å². The molecule has 3 rings (SSSR count). The maximum atomic E-state index is 13.6. The summed E-state index contributed by atoms with van der Waals surface area (Å²) in [4.78, 5) is 3.11. The highest BCUT2D eigenvalue weighted by Gasteiger charge is 2.22. The number of aliphatic hydroxyl groups excluding tert-OH is 1. The largest absolute Gasteiger partial charge is 0.395 e. The molecule has 0 radical (unpaired) electrons. The van der Waals surface area contributed by atoms with Gasteiger partial charge in [-0.15, -0.1) is 0 Å². The van der Waals surface area contributed by atoms with Gasteiger partial charge in [-0.3, -0.25) is 0 Å². The summed E-state index contributed by atoms with van der Waals surface area (Å²) >= 11 is 0. The van der Waals surface area contributed by atoms with Gasteiger partial charge in [-0.1, -0.05) is 12.1 Å². The van der Waals surface area contributed by atoms with Crippen molar-refractivity contribution in [3.05, 3.63) is 35.3 Å². The summed E-state index contributed by atoms with van der Waals surface area (Å²) in [6.45, 7) is 0.774. The number of hydrogen-bond donors (Lipinski definition) is 3. The first-order valence-corrected chi connectivity index (χ1v) is 5.42. The number of benzene rings is 1. The molecule has 1 aliphatic heterocycles. The van der Waals surface area contributed by atoms with E-state index in [4.69, 9.17) is 5.11 Å². The van der Waals surface area contributed by atoms with Crippen molar-refractivity contribution in [2.45, 2.75) is 19.0 Å². The molecule has 0 aliphatic carbocycles. The topological polar surface area (TPSA) is 48.0 Å². The van der Waals surface area contributed by atoms with Gasteiger partial charge in [0.05, 0.1) is 12.1 Å². The number of halogens is 1. The summed E-state index contributed by atoms with van der Waals surface area (Å²) in [5.41, 5.74) is 2.74. The van der Waals surface area contributed by atoms with Crippen molar-refractivity contribution in [2.75, 3.05) is 6.61 Å². The first-order chi connectivity index (χ1) is 7.79. The van der Waals surface area contributed by atoms with E-state index < -0.39 is 0 Å². The number of hydrogen-bond acceptors (Lipinski definition) is 2. The van der Waals surface area contributed by atoms with Gasteiger partial charge >= 0.3 is 0 Å². The van der Waals surface area contributed by atoms with Gasteiger partial charge in [-0.05, 0) is 18.1 Å². The standard InChI is InChI=1S/C12H13FN2O/c13-10-3-1-2-8-9-4-7(6-16)14-5-11(9)15-12(8)10/h1-3,7,14-16H,4-6H2. The lowest BCUT2D eigenvalue weighted by molar-refractivity contribution is 0.235. The van der Waals surface area contributed by atoms with E-state index in [1.54, 1.807) is 6.07 Å². The summed E-state index contributed by atoms with van der Waals surface area (Å²) in [7, 11) is 0. The van der Waals surface area contributed by atoms with Gasteiger partial charge < -0.3 is 15.4 Å². The molecule has 3 N–H and O–H groups in total. The van der Waals surface area contributed by atoms with Crippen LogP contribution >= 0.6 is 0 Å². The Morgan fingerprint density at radius 1 is 1.44 bits per heavy atom. The van der Waals surface area contributed by atoms with E-state index in [0.29, 0.717) is 12.1 Å². The van der Waals surface area contributed by atoms with Crippen LogP contribution in [-0.4, -0.2) is 22.7 Å². The number of para-hydroxylation sites is 1. The summed E-state index contributed by atoms with van der Waals surface area (Å²) in [5, 5.41) is 13.3. The molecule has 16 heavy (non-hydrogen) atoms. The van der Waals surface area contributed by atoms with Crippen LogP contribution < -0.4 is 5.32 Å². The second-order valence-corrected chi connectivity index (χ2v) is 4.21. The van der Waals surface area contributed by atoms with Crippen LogP contribution in [0.1, 0.15) is 11.3 Å². The Labute approximate surface area is 92.3 Å². The molecule has 4 heteroatoms. The monoisotopic (exact) mass is 220 g/mol. The Kier molecular flexibility index (Phi) is 2.19. The van der Waals surface area contributed by atoms with Crippen molar-refractivity contribution >= 4 is 10.9 Å². The van der Waals surface area contributed by atoms with Crippen LogP contribution in [0.4, 0.5) is 4.39 Å². The zero-order valence-corrected chi connectivity index (χ0v) is 8.76. The van der Waals surface area contributed by atoms with Crippen LogP contribution in [0.2, 0.25) is 0 Å². The minimum absolute atomic E-state index is 0.0785. The highest BCUT2D eigenvalue weighted by molar-refractivity contribution is 5.85. The molecule has 1 aromatic carbocycles. The molecule has 0 saturated heterocycles. The first kappa shape index (κ1) is 9.81. The molecule has 0 fully saturated rings. The van der Waals surface area contributed by atoms with Gasteiger partial charge in [-0.25, -0.2) is 4.39 Å². The van der Waals surface area contributed by atoms with Crippen molar-refractivity contribution < 1.29 is 9.50 Å². The third kappa shape index (κ3) is 1.34. The number of fused-ring (bicyclic) bond motifs is 3. The molecule has 84 valence electrons. The maximum absolute atomic E-state index is 13.6. The molecule has 1 aliphatic rings. The number of aromatic amines is 1. The fraction of sp³-hybridized carbons (Fsp3) is 0.333. The summed E-state index contributed by atoms with van der Waals surface area (Å²) in [6, 6.07) is 5.19. The van der Waals surface area contributed by atoms with Crippen LogP contribution in [0.25, 0.3) is 10.9 Å². The molecule has 1 unspecified atom stereocenters. The fourth-order valence-corrected chi connectivity index (χ4v) is 2.37. The van der Waals surface area contributed by atoms with Crippen molar-refractivity contribution in [1.29, 1.82) is 0 Å². The number of H-pyrrole nitrogens is 1. The van der Waals surface area contributed by atoms with Gasteiger partial charge in [0.15, 0.2) is 0 Å². The van der Waals surface area contributed by atoms with Gasteiger partial charge in [0.2, 0.25) is 0 Å². The van der Waals surface area contributed by atoms with E-state index in [1.165, 1.54) is 6.07 Å². The van der Waals surface area contributed by atoms with Gasteiger partial charge in [0, 0.05) is 23.7 Å². The zero-order chi connectivity index (χ0) is 11.1. The van der Waals surface area contributed by atoms with E-state index in [2.05, 4.69) is 10.3 Å². The summed E-state index contributed by atoms with van der Waals surface area (Å²) < 4.78 is 13.6. The lowest BCUT2D eigenvalue weighted by atomic mass is 9.99. The fourth-order valence-electron chi connectivity index (χ4n) is 2.37. The first-order valence-electron chi connectivity index (χ1n) is 5.42. The number of aliphatic hydroxyl groups is 1. The van der Waals surface area contributed by atoms with E-state index in [9.17, 15) is 4.39 Å². The number of aromatic nitrogens is 1. The van der Waals surface area contributed by atoms with Crippen molar-refractivity contribution in [1.82, 2.24) is 10.3 Å². The lowest BCUT2D eigenvalue weighted by Crippen LogP contribution is -2.37. The minimum atomic E-state index is -0.215. The predicted molar refractivity (Wildman–Crippen MR) is 59.7 cm³/mol. The number of rotatable bonds is 1. The summed E-state index contributed by atoms with van der Waals surface area (Å²) in [6.07, 6.45) is 0.745. The normalized spacial score (nSPS) is 20.0. The van der Waals surface area contributed by atoms with Crippen LogP contribution in [-0.2, 0) is 13.0 Å². The maximum Gasteiger partial charge on any atom is 0.147 e. The molecule has 0 bridgehead atoms. The SMILES string of the molecule is OCC1Cc2c([nH]c3c(F)cccc23)CN1. The average molecular weight is 220 g/mol. The second-order valence-electron chi connectivity index (χ2n) is 4.21. The molecule has 0 saturated carbocycles. The molecule has 1 aromatic heterocycles. The molecule has 1 atom stereocenters. The molecule has 0 spiro atoms. The highest BCUT2D eigenvalue weighted by atomic mass is 19.1. The lowest BCUT2D eigenvalue weighted by Gasteiger charge is -2.22. The third-order valence-corrected chi connectivity index (χ3v) is 3.22. The van der Waals surface area contributed by atoms with Crippen LogP contribution in [0.5, 0.6) is 0 Å². The Balaban J connectivity index is 2.18. The highest BCUT2D eigenvalue weighted by Crippen LogP contribution is 2.27. The molecule has 0 amide bonds. The van der Waals surface area contributed by atoms with Crippen molar-refractivity contribution in [2.24, 2.45) is 0 Å². The van der Waals surface area contributed by atoms with Gasteiger partial charge in [0.1, 0.15) is 5.82 Å². The Hall–Kier alpha value is -1.39. The van der Waals surface area contributed by atoms with Crippen molar-refractivity contribution in [3.63, 3.8) is 0 Å². The Bertz CT molecular complexity index is 535. The quantitative estimate of drug-likeness (QED) is 0.678. The predicted octanol–water partition coefficient (Wildman–Crippen LogP) is 1.31. The molecular formula is C12H13FN2O. The second kappa shape index (κ2) is 3.57. The minimum Gasteiger partial charge on any atom is -0.395 e. The van der Waals surface area contributed by atoms with Crippen molar-refractivity contribution in [3.8, 4) is 0 Å². The van der Waals surface area contributed by atoms with E-state index in [-0.39, 0.29) is 18.5 Å². The molecule has 2 heterocycles. The van der Waals surface area contributed by atoms with Gasteiger partial charge in [-0.2, -0.15) is 0 Å². The van der Waals surface area contributed by atoms with Gasteiger partial charge in [0.25, 0.3) is 0 Å². The Morgan fingerprint density at radius 2 is 2.31 bits per heavy atom. The third-order valence-electron chi connectivity index (χ3n) is 3.22. The smallest absolute Gasteiger partial charge is 0.147 e. The van der Waals surface area contributed by atoms with E-state index in [0.717, 1.165) is 23.1 Å². The zero-order valence-electron chi connectivity index (χ0n) is 8.76. The summed E-state index contributed by atoms with van der Waals surface area (Å²) in [5.74, 6) is -0.215. The molecule has 2 aromatic rings. The van der Waals surface area contributed by atoms with E-state index in [1.807, 2.05) is 6.07 Å². The van der Waals surface area contributed by atoms with E-state index >= 15 is 0 Å². The average Bonchev–Trinajstić information content (AvgIpc) is 2.68. The number of nitrogens with one attached hydrogen (secondary N) is 2. The van der Waals surface area contributed by atoms with Crippen LogP contribution in [0, 0.1) is 5.82 Å². The molecule has 3 nitrogen and oxygen atoms in total. The van der Waals surface area contributed by atoms with Crippen LogP contribution in [0.15, 0.2) is 18.2 Å².